The Bertz CT molecular complexity index is 424. The number of hydrogen-bond acceptors (Lipinski definition) is 3. The highest BCUT2D eigenvalue weighted by Crippen LogP contribution is 2.27. The Morgan fingerprint density at radius 1 is 1.65 bits per heavy atom. The third-order valence-electron chi connectivity index (χ3n) is 2.23. The van der Waals surface area contributed by atoms with E-state index >= 15 is 0 Å². The Hall–Kier alpha value is -0.810. The molecule has 0 aliphatic heterocycles. The van der Waals surface area contributed by atoms with Crippen molar-refractivity contribution in [1.29, 1.82) is 0 Å². The molecule has 1 rings (SSSR count). The van der Waals surface area contributed by atoms with E-state index in [0.717, 1.165) is 4.47 Å². The molecule has 0 saturated carbocycles. The molecule has 1 aromatic heterocycles. The normalized spacial score (nSPS) is 11.3. The van der Waals surface area contributed by atoms with Gasteiger partial charge in [-0.1, -0.05) is 11.6 Å². The zero-order valence-corrected chi connectivity index (χ0v) is 12.0. The summed E-state index contributed by atoms with van der Waals surface area (Å²) in [6.45, 7) is 3.86. The molecule has 0 bridgehead atoms. The lowest BCUT2D eigenvalue weighted by atomic mass is 9.98. The van der Waals surface area contributed by atoms with Crippen molar-refractivity contribution >= 4 is 39.3 Å². The number of nitrogens with one attached hydrogen (secondary N) is 1. The van der Waals surface area contributed by atoms with E-state index in [1.807, 2.05) is 13.8 Å². The number of hydrogen-bond donors (Lipinski definition) is 2. The molecule has 0 fully saturated rings. The van der Waals surface area contributed by atoms with Gasteiger partial charge in [-0.2, -0.15) is 0 Å². The van der Waals surface area contributed by atoms with Gasteiger partial charge in [0.2, 0.25) is 0 Å². The van der Waals surface area contributed by atoms with Gasteiger partial charge in [-0.15, -0.1) is 0 Å². The van der Waals surface area contributed by atoms with E-state index in [1.54, 1.807) is 12.3 Å². The Balaban J connectivity index is 2.72. The molecular weight excluding hydrogens is 307 g/mol. The molecule has 94 valence electrons. The molecule has 0 radical (unpaired) electrons. The largest absolute Gasteiger partial charge is 0.481 e. The van der Waals surface area contributed by atoms with Gasteiger partial charge in [0.05, 0.1) is 9.50 Å². The Kier molecular flexibility index (Phi) is 4.77. The molecule has 0 atom stereocenters. The second-order valence-corrected chi connectivity index (χ2v) is 5.68. The van der Waals surface area contributed by atoms with Crippen LogP contribution in [0.15, 0.2) is 16.7 Å². The molecule has 2 N–H and O–H groups in total. The molecule has 1 aromatic rings. The van der Waals surface area contributed by atoms with Crippen molar-refractivity contribution in [1.82, 2.24) is 4.98 Å². The standard InChI is InChI=1S/C11H14BrClN2O2/c1-11(2,4-3-9(16)17)15-10-8(12)5-7(13)6-14-10/h5-6H,3-4H2,1-2H3,(H,14,15)(H,16,17). The van der Waals surface area contributed by atoms with Gasteiger partial charge in [0.1, 0.15) is 5.82 Å². The van der Waals surface area contributed by atoms with Gasteiger partial charge in [0.15, 0.2) is 0 Å². The smallest absolute Gasteiger partial charge is 0.303 e. The van der Waals surface area contributed by atoms with Gasteiger partial charge in [0, 0.05) is 18.2 Å². The van der Waals surface area contributed by atoms with Crippen molar-refractivity contribution in [3.63, 3.8) is 0 Å². The first-order valence-corrected chi connectivity index (χ1v) is 6.28. The summed E-state index contributed by atoms with van der Waals surface area (Å²) in [5, 5.41) is 12.4. The molecule has 17 heavy (non-hydrogen) atoms. The van der Waals surface area contributed by atoms with Crippen molar-refractivity contribution in [2.75, 3.05) is 5.32 Å². The molecular formula is C11H14BrClN2O2. The fourth-order valence-corrected chi connectivity index (χ4v) is 2.05. The van der Waals surface area contributed by atoms with Gasteiger partial charge in [-0.05, 0) is 42.3 Å². The lowest BCUT2D eigenvalue weighted by molar-refractivity contribution is -0.137. The summed E-state index contributed by atoms with van der Waals surface area (Å²) < 4.78 is 0.758. The van der Waals surface area contributed by atoms with Crippen LogP contribution in [0, 0.1) is 0 Å². The molecule has 0 unspecified atom stereocenters. The molecule has 0 aromatic carbocycles. The quantitative estimate of drug-likeness (QED) is 0.870. The van der Waals surface area contributed by atoms with E-state index in [9.17, 15) is 4.79 Å². The number of rotatable bonds is 5. The number of carboxylic acids is 1. The zero-order valence-electron chi connectivity index (χ0n) is 9.63. The molecule has 0 saturated heterocycles. The van der Waals surface area contributed by atoms with E-state index in [2.05, 4.69) is 26.2 Å². The summed E-state index contributed by atoms with van der Waals surface area (Å²) in [6, 6.07) is 1.74. The summed E-state index contributed by atoms with van der Waals surface area (Å²) >= 11 is 9.15. The topological polar surface area (TPSA) is 62.2 Å². The van der Waals surface area contributed by atoms with Gasteiger partial charge in [0.25, 0.3) is 0 Å². The van der Waals surface area contributed by atoms with E-state index in [0.29, 0.717) is 17.3 Å². The third kappa shape index (κ3) is 4.91. The minimum Gasteiger partial charge on any atom is -0.481 e. The van der Waals surface area contributed by atoms with E-state index in [1.165, 1.54) is 0 Å². The maximum absolute atomic E-state index is 10.5. The first kappa shape index (κ1) is 14.3. The van der Waals surface area contributed by atoms with Gasteiger partial charge >= 0.3 is 5.97 Å². The van der Waals surface area contributed by atoms with Gasteiger partial charge < -0.3 is 10.4 Å². The zero-order chi connectivity index (χ0) is 13.1. The number of halogens is 2. The maximum Gasteiger partial charge on any atom is 0.303 e. The van der Waals surface area contributed by atoms with Crippen LogP contribution in [-0.2, 0) is 4.79 Å². The number of aromatic nitrogens is 1. The fourth-order valence-electron chi connectivity index (χ4n) is 1.31. The van der Waals surface area contributed by atoms with Gasteiger partial charge in [-0.25, -0.2) is 4.98 Å². The van der Waals surface area contributed by atoms with E-state index in [4.69, 9.17) is 16.7 Å². The molecule has 0 amide bonds. The summed E-state index contributed by atoms with van der Waals surface area (Å²) in [5.41, 5.74) is -0.345. The average molecular weight is 322 g/mol. The van der Waals surface area contributed by atoms with Crippen LogP contribution in [0.2, 0.25) is 5.02 Å². The summed E-state index contributed by atoms with van der Waals surface area (Å²) in [4.78, 5) is 14.7. The Labute approximate surface area is 114 Å². The summed E-state index contributed by atoms with van der Waals surface area (Å²) in [6.07, 6.45) is 2.17. The van der Waals surface area contributed by atoms with Crippen LogP contribution in [0.4, 0.5) is 5.82 Å². The second-order valence-electron chi connectivity index (χ2n) is 4.39. The van der Waals surface area contributed by atoms with E-state index in [-0.39, 0.29) is 12.0 Å². The first-order valence-electron chi connectivity index (χ1n) is 5.11. The van der Waals surface area contributed by atoms with Crippen LogP contribution in [0.3, 0.4) is 0 Å². The van der Waals surface area contributed by atoms with Crippen LogP contribution >= 0.6 is 27.5 Å². The highest BCUT2D eigenvalue weighted by Gasteiger charge is 2.20. The average Bonchev–Trinajstić information content (AvgIpc) is 2.20. The van der Waals surface area contributed by atoms with E-state index < -0.39 is 5.97 Å². The predicted molar refractivity (Wildman–Crippen MR) is 71.5 cm³/mol. The lowest BCUT2D eigenvalue weighted by Gasteiger charge is -2.26. The maximum atomic E-state index is 10.5. The number of aliphatic carboxylic acids is 1. The first-order chi connectivity index (χ1) is 7.80. The molecule has 0 spiro atoms. The number of carboxylic acid groups (broad SMARTS) is 1. The minimum absolute atomic E-state index is 0.116. The number of carbonyl (C=O) groups is 1. The van der Waals surface area contributed by atoms with Crippen LogP contribution in [0.5, 0.6) is 0 Å². The van der Waals surface area contributed by atoms with Crippen LogP contribution < -0.4 is 5.32 Å². The van der Waals surface area contributed by atoms with Crippen molar-refractivity contribution < 1.29 is 9.90 Å². The van der Waals surface area contributed by atoms with Crippen LogP contribution in [-0.4, -0.2) is 21.6 Å². The lowest BCUT2D eigenvalue weighted by Crippen LogP contribution is -2.32. The van der Waals surface area contributed by atoms with Crippen molar-refractivity contribution in [2.24, 2.45) is 0 Å². The van der Waals surface area contributed by atoms with Gasteiger partial charge in [-0.3, -0.25) is 4.79 Å². The molecule has 1 heterocycles. The predicted octanol–water partition coefficient (Wildman–Crippen LogP) is 3.55. The van der Waals surface area contributed by atoms with Crippen LogP contribution in [0.25, 0.3) is 0 Å². The molecule has 0 aliphatic rings. The Morgan fingerprint density at radius 3 is 2.82 bits per heavy atom. The highest BCUT2D eigenvalue weighted by atomic mass is 79.9. The summed E-state index contributed by atoms with van der Waals surface area (Å²) in [5.74, 6) is -0.146. The number of anilines is 1. The fraction of sp³-hybridized carbons (Fsp3) is 0.455. The van der Waals surface area contributed by atoms with Crippen molar-refractivity contribution in [3.05, 3.63) is 21.8 Å². The monoisotopic (exact) mass is 320 g/mol. The highest BCUT2D eigenvalue weighted by molar-refractivity contribution is 9.10. The van der Waals surface area contributed by atoms with Crippen molar-refractivity contribution in [3.8, 4) is 0 Å². The second kappa shape index (κ2) is 5.69. The molecule has 0 aliphatic carbocycles. The Morgan fingerprint density at radius 2 is 2.29 bits per heavy atom. The van der Waals surface area contributed by atoms with Crippen molar-refractivity contribution in [2.45, 2.75) is 32.2 Å². The minimum atomic E-state index is -0.803. The number of nitrogens with zero attached hydrogens (tertiary/aromatic N) is 1. The number of pyridine rings is 1. The third-order valence-corrected chi connectivity index (χ3v) is 3.04. The molecule has 6 heteroatoms. The summed E-state index contributed by atoms with van der Waals surface area (Å²) in [7, 11) is 0. The molecule has 4 nitrogen and oxygen atoms in total. The van der Waals surface area contributed by atoms with Crippen LogP contribution in [0.1, 0.15) is 26.7 Å². The SMILES string of the molecule is CC(C)(CCC(=O)O)Nc1ncc(Cl)cc1Br.